The lowest BCUT2D eigenvalue weighted by molar-refractivity contribution is -0.140. The minimum absolute atomic E-state index is 0.00932. The predicted molar refractivity (Wildman–Crippen MR) is 96.7 cm³/mol. The number of hydrogen-bond donors (Lipinski definition) is 1. The van der Waals surface area contributed by atoms with Crippen LogP contribution in [0.4, 0.5) is 13.2 Å². The molecule has 0 spiro atoms. The monoisotopic (exact) mass is 436 g/mol. The van der Waals surface area contributed by atoms with Crippen LogP contribution in [0.25, 0.3) is 0 Å². The zero-order valence-electron chi connectivity index (χ0n) is 16.3. The fourth-order valence-corrected chi connectivity index (χ4v) is 2.80. The number of terminal acetylenes is 1. The summed E-state index contributed by atoms with van der Waals surface area (Å²) in [6.45, 7) is 3.03. The number of halogens is 3. The number of ether oxygens (including phenoxy) is 5. The lowest BCUT2D eigenvalue weighted by Crippen LogP contribution is -2.36. The molecule has 2 rings (SSSR count). The fourth-order valence-electron chi connectivity index (χ4n) is 2.80. The lowest BCUT2D eigenvalue weighted by atomic mass is 10.2. The summed E-state index contributed by atoms with van der Waals surface area (Å²) < 4.78 is 66.6. The fraction of sp³-hybridized carbons (Fsp3) is 0.667. The minimum atomic E-state index is -4.93. The first-order valence-corrected chi connectivity index (χ1v) is 9.14. The number of hydrogen-bond acceptors (Lipinski definition) is 7. The van der Waals surface area contributed by atoms with Gasteiger partial charge in [0, 0.05) is 19.2 Å². The predicted octanol–water partition coefficient (Wildman–Crippen LogP) is 0.888. The first-order valence-electron chi connectivity index (χ1n) is 9.14. The van der Waals surface area contributed by atoms with Crippen molar-refractivity contribution in [3.05, 3.63) is 32.6 Å². The molecule has 0 saturated carbocycles. The van der Waals surface area contributed by atoms with E-state index in [0.717, 1.165) is 0 Å². The second-order valence-electron chi connectivity index (χ2n) is 6.22. The van der Waals surface area contributed by atoms with Gasteiger partial charge in [-0.3, -0.25) is 14.3 Å². The van der Waals surface area contributed by atoms with Crippen LogP contribution < -0.4 is 11.2 Å². The highest BCUT2D eigenvalue weighted by atomic mass is 19.4. The number of aromatic nitrogens is 2. The van der Waals surface area contributed by atoms with Gasteiger partial charge >= 0.3 is 11.9 Å². The van der Waals surface area contributed by atoms with Crippen molar-refractivity contribution in [2.75, 3.05) is 39.8 Å². The highest BCUT2D eigenvalue weighted by molar-refractivity contribution is 5.09. The molecule has 1 aliphatic heterocycles. The van der Waals surface area contributed by atoms with Crippen LogP contribution in [0.5, 0.6) is 0 Å². The van der Waals surface area contributed by atoms with Gasteiger partial charge in [-0.1, -0.05) is 5.92 Å². The van der Waals surface area contributed by atoms with Crippen LogP contribution in [0.2, 0.25) is 0 Å². The summed E-state index contributed by atoms with van der Waals surface area (Å²) in [4.78, 5) is 25.2. The molecular weight excluding hydrogens is 413 g/mol. The molecule has 1 aliphatic rings. The Labute approximate surface area is 170 Å². The Morgan fingerprint density at radius 2 is 2.03 bits per heavy atom. The minimum Gasteiger partial charge on any atom is -0.379 e. The zero-order valence-corrected chi connectivity index (χ0v) is 16.3. The third-order valence-electron chi connectivity index (χ3n) is 4.17. The summed E-state index contributed by atoms with van der Waals surface area (Å²) in [5.41, 5.74) is -4.06. The maximum atomic E-state index is 13.0. The van der Waals surface area contributed by atoms with Gasteiger partial charge in [0.05, 0.1) is 25.9 Å². The van der Waals surface area contributed by atoms with Crippen LogP contribution in [0.15, 0.2) is 15.8 Å². The van der Waals surface area contributed by atoms with E-state index in [9.17, 15) is 22.8 Å². The Kier molecular flexibility index (Phi) is 9.07. The normalized spacial score (nSPS) is 21.6. The van der Waals surface area contributed by atoms with Gasteiger partial charge in [-0.15, -0.1) is 6.42 Å². The van der Waals surface area contributed by atoms with E-state index in [1.54, 1.807) is 4.98 Å². The molecule has 12 heteroatoms. The van der Waals surface area contributed by atoms with Crippen LogP contribution in [0, 0.1) is 12.3 Å². The van der Waals surface area contributed by atoms with Crippen molar-refractivity contribution in [3.8, 4) is 12.3 Å². The highest BCUT2D eigenvalue weighted by Gasteiger charge is 2.40. The van der Waals surface area contributed by atoms with Crippen LogP contribution in [-0.2, 0) is 29.9 Å². The van der Waals surface area contributed by atoms with Gasteiger partial charge in [-0.2, -0.15) is 13.2 Å². The van der Waals surface area contributed by atoms with Gasteiger partial charge in [0.2, 0.25) is 0 Å². The third-order valence-corrected chi connectivity index (χ3v) is 4.17. The summed E-state index contributed by atoms with van der Waals surface area (Å²) in [7, 11) is 0. The molecule has 0 radical (unpaired) electrons. The smallest absolute Gasteiger partial charge is 0.379 e. The molecule has 3 atom stereocenters. The van der Waals surface area contributed by atoms with E-state index in [2.05, 4.69) is 5.92 Å². The Hall–Kier alpha value is -2.17. The lowest BCUT2D eigenvalue weighted by Gasteiger charge is -2.18. The maximum absolute atomic E-state index is 13.0. The van der Waals surface area contributed by atoms with Gasteiger partial charge in [0.15, 0.2) is 0 Å². The number of H-pyrrole nitrogens is 1. The van der Waals surface area contributed by atoms with Crippen LogP contribution >= 0.6 is 0 Å². The van der Waals surface area contributed by atoms with E-state index in [1.807, 2.05) is 6.92 Å². The van der Waals surface area contributed by atoms with Crippen molar-refractivity contribution in [1.29, 1.82) is 0 Å². The second-order valence-corrected chi connectivity index (χ2v) is 6.22. The summed E-state index contributed by atoms with van der Waals surface area (Å²) >= 11 is 0. The van der Waals surface area contributed by atoms with Crippen molar-refractivity contribution >= 4 is 0 Å². The largest absolute Gasteiger partial charge is 0.423 e. The Morgan fingerprint density at radius 3 is 2.70 bits per heavy atom. The Bertz CT molecular complexity index is 831. The van der Waals surface area contributed by atoms with Crippen molar-refractivity contribution in [1.82, 2.24) is 9.55 Å². The summed E-state index contributed by atoms with van der Waals surface area (Å²) in [5.74, 6) is 2.29. The maximum Gasteiger partial charge on any atom is 0.423 e. The molecule has 0 bridgehead atoms. The molecule has 0 aromatic carbocycles. The average Bonchev–Trinajstić information content (AvgIpc) is 3.07. The van der Waals surface area contributed by atoms with E-state index in [-0.39, 0.29) is 26.4 Å². The number of nitrogens with one attached hydrogen (secondary N) is 1. The average molecular weight is 436 g/mol. The molecule has 0 amide bonds. The van der Waals surface area contributed by atoms with Crippen LogP contribution in [0.3, 0.4) is 0 Å². The standard InChI is InChI=1S/C18H23F3N2O7/c1-3-5-29-13-8-15(30-14(13)10-28-11-27-7-6-26-4-2)23-9-12(18(19,20)21)16(24)22-17(23)25/h1,9,13-15H,4-8,10-11H2,2H3,(H,22,24,25)/t13-,14+,15+/m0/s1. The van der Waals surface area contributed by atoms with Gasteiger partial charge in [0.1, 0.15) is 31.3 Å². The molecule has 0 unspecified atom stereocenters. The van der Waals surface area contributed by atoms with E-state index < -0.39 is 41.4 Å². The topological polar surface area (TPSA) is 101 Å². The third kappa shape index (κ3) is 6.68. The second kappa shape index (κ2) is 11.3. The zero-order chi connectivity index (χ0) is 22.1. The first-order chi connectivity index (χ1) is 14.3. The molecule has 0 aliphatic carbocycles. The van der Waals surface area contributed by atoms with Crippen molar-refractivity contribution in [3.63, 3.8) is 0 Å². The molecule has 1 saturated heterocycles. The van der Waals surface area contributed by atoms with Gasteiger partial charge in [-0.25, -0.2) is 4.79 Å². The Balaban J connectivity index is 2.05. The molecule has 2 heterocycles. The van der Waals surface area contributed by atoms with Gasteiger partial charge in [-0.05, 0) is 6.92 Å². The van der Waals surface area contributed by atoms with Crippen molar-refractivity contribution in [2.24, 2.45) is 0 Å². The molecule has 1 aromatic rings. The first kappa shape index (κ1) is 24.1. The van der Waals surface area contributed by atoms with Crippen LogP contribution in [-0.4, -0.2) is 61.6 Å². The van der Waals surface area contributed by atoms with E-state index in [1.165, 1.54) is 0 Å². The summed E-state index contributed by atoms with van der Waals surface area (Å²) in [6, 6.07) is 0. The summed E-state index contributed by atoms with van der Waals surface area (Å²) in [6.07, 6.45) is -1.73. The number of rotatable bonds is 11. The quantitative estimate of drug-likeness (QED) is 0.312. The van der Waals surface area contributed by atoms with E-state index >= 15 is 0 Å². The Morgan fingerprint density at radius 1 is 1.30 bits per heavy atom. The number of aromatic amines is 1. The van der Waals surface area contributed by atoms with Crippen LogP contribution in [0.1, 0.15) is 25.1 Å². The molecule has 168 valence electrons. The molecule has 30 heavy (non-hydrogen) atoms. The molecular formula is C18H23F3N2O7. The number of nitrogens with zero attached hydrogens (tertiary/aromatic N) is 1. The summed E-state index contributed by atoms with van der Waals surface area (Å²) in [5, 5.41) is 0. The molecule has 9 nitrogen and oxygen atoms in total. The van der Waals surface area contributed by atoms with Gasteiger partial charge < -0.3 is 23.7 Å². The van der Waals surface area contributed by atoms with Crippen molar-refractivity contribution < 1.29 is 36.9 Å². The molecule has 1 aromatic heterocycles. The SMILES string of the molecule is C#CCO[C@H]1C[C@H](n2cc(C(F)(F)F)c(=O)[nH]c2=O)O[C@@H]1COCOCCOCC. The number of alkyl halides is 3. The van der Waals surface area contributed by atoms with E-state index in [4.69, 9.17) is 30.1 Å². The molecule has 1 N–H and O–H groups in total. The van der Waals surface area contributed by atoms with Crippen molar-refractivity contribution in [2.45, 2.75) is 38.0 Å². The molecule has 1 fully saturated rings. The highest BCUT2D eigenvalue weighted by Crippen LogP contribution is 2.31. The van der Waals surface area contributed by atoms with Gasteiger partial charge in [0.25, 0.3) is 5.56 Å². The van der Waals surface area contributed by atoms with E-state index in [0.29, 0.717) is 30.6 Å².